The van der Waals surface area contributed by atoms with Crippen LogP contribution in [0, 0.1) is 5.92 Å². The van der Waals surface area contributed by atoms with Gasteiger partial charge in [-0.1, -0.05) is 26.3 Å². The number of nitrogen functional groups attached to an aromatic ring is 1. The molecule has 9 heteroatoms. The Kier molecular flexibility index (Phi) is 7.25. The summed E-state index contributed by atoms with van der Waals surface area (Å²) in [5.74, 6) is -0.836. The van der Waals surface area contributed by atoms with Crippen molar-refractivity contribution in [3.63, 3.8) is 0 Å². The lowest BCUT2D eigenvalue weighted by molar-refractivity contribution is -0.143. The Balaban J connectivity index is 2.22. The minimum Gasteiger partial charge on any atom is -0.383 e. The first-order chi connectivity index (χ1) is 13.4. The van der Waals surface area contributed by atoms with Crippen molar-refractivity contribution in [2.24, 2.45) is 10.9 Å². The first-order valence-corrected chi connectivity index (χ1v) is 9.22. The average Bonchev–Trinajstić information content (AvgIpc) is 3.19. The summed E-state index contributed by atoms with van der Waals surface area (Å²) in [7, 11) is 0. The minimum atomic E-state index is -0.748. The second-order valence-electron chi connectivity index (χ2n) is 6.54. The van der Waals surface area contributed by atoms with Crippen LogP contribution in [0.25, 0.3) is 10.9 Å². The zero-order valence-electron chi connectivity index (χ0n) is 16.7. The second-order valence-corrected chi connectivity index (χ2v) is 6.54. The molecular weight excluding hydrogens is 358 g/mol. The van der Waals surface area contributed by atoms with E-state index in [2.05, 4.69) is 25.5 Å². The molecule has 0 saturated heterocycles. The van der Waals surface area contributed by atoms with E-state index in [1.165, 1.54) is 17.3 Å². The van der Waals surface area contributed by atoms with Gasteiger partial charge in [0.2, 0.25) is 0 Å². The van der Waals surface area contributed by atoms with Crippen molar-refractivity contribution in [3.05, 3.63) is 24.2 Å². The predicted octanol–water partition coefficient (Wildman–Crippen LogP) is 2.35. The third kappa shape index (κ3) is 4.93. The van der Waals surface area contributed by atoms with Crippen LogP contribution in [-0.4, -0.2) is 51.2 Å². The lowest BCUT2D eigenvalue weighted by Crippen LogP contribution is -2.42. The number of fused-ring (bicyclic) bond motifs is 1. The van der Waals surface area contributed by atoms with E-state index in [9.17, 15) is 9.59 Å². The highest BCUT2D eigenvalue weighted by Crippen LogP contribution is 2.23. The van der Waals surface area contributed by atoms with Gasteiger partial charge in [0, 0.05) is 12.8 Å². The second kappa shape index (κ2) is 9.63. The van der Waals surface area contributed by atoms with Gasteiger partial charge in [0.25, 0.3) is 0 Å². The molecule has 0 aliphatic heterocycles. The van der Waals surface area contributed by atoms with Gasteiger partial charge in [0.15, 0.2) is 0 Å². The molecule has 1 atom stereocenters. The summed E-state index contributed by atoms with van der Waals surface area (Å²) in [4.78, 5) is 35.3. The summed E-state index contributed by atoms with van der Waals surface area (Å²) in [5, 5.41) is 9.88. The minimum absolute atomic E-state index is 0.248. The van der Waals surface area contributed by atoms with E-state index >= 15 is 0 Å². The maximum Gasteiger partial charge on any atom is 0.314 e. The Morgan fingerprint density at radius 2 is 2.14 bits per heavy atom. The molecule has 0 fully saturated rings. The molecule has 0 radical (unpaired) electrons. The van der Waals surface area contributed by atoms with Crippen LogP contribution in [0.1, 0.15) is 34.1 Å². The van der Waals surface area contributed by atoms with Gasteiger partial charge in [-0.05, 0) is 19.8 Å². The van der Waals surface area contributed by atoms with E-state index in [1.807, 2.05) is 26.8 Å². The van der Waals surface area contributed by atoms with E-state index in [4.69, 9.17) is 5.73 Å². The van der Waals surface area contributed by atoms with Crippen molar-refractivity contribution < 1.29 is 9.59 Å². The molecule has 0 saturated carbocycles. The smallest absolute Gasteiger partial charge is 0.314 e. The number of rotatable bonds is 7. The van der Waals surface area contributed by atoms with Gasteiger partial charge >= 0.3 is 11.8 Å². The van der Waals surface area contributed by atoms with Gasteiger partial charge in [0.1, 0.15) is 5.82 Å². The van der Waals surface area contributed by atoms with E-state index in [0.717, 1.165) is 12.1 Å². The Labute approximate surface area is 164 Å². The molecule has 0 bridgehead atoms. The third-order valence-electron chi connectivity index (χ3n) is 4.46. The quantitative estimate of drug-likeness (QED) is 0.497. The number of carbonyl (C=O) groups is 2. The average molecular weight is 385 g/mol. The Morgan fingerprint density at radius 3 is 2.79 bits per heavy atom. The fourth-order valence-electron chi connectivity index (χ4n) is 2.66. The van der Waals surface area contributed by atoms with Crippen LogP contribution < -0.4 is 11.1 Å². The summed E-state index contributed by atoms with van der Waals surface area (Å²) in [6.45, 7) is 8.46. The number of aromatic nitrogens is 3. The first kappa shape index (κ1) is 21.1. The highest BCUT2D eigenvalue weighted by Gasteiger charge is 2.25. The van der Waals surface area contributed by atoms with E-state index < -0.39 is 11.8 Å². The summed E-state index contributed by atoms with van der Waals surface area (Å²) >= 11 is 0. The zero-order valence-corrected chi connectivity index (χ0v) is 16.7. The molecule has 0 aromatic carbocycles. The normalized spacial score (nSPS) is 13.1. The molecule has 28 heavy (non-hydrogen) atoms. The topological polar surface area (TPSA) is 129 Å². The number of allylic oxidation sites excluding steroid dienone is 1. The van der Waals surface area contributed by atoms with Gasteiger partial charge in [-0.3, -0.25) is 19.7 Å². The largest absolute Gasteiger partial charge is 0.383 e. The van der Waals surface area contributed by atoms with Crippen LogP contribution in [0.3, 0.4) is 0 Å². The third-order valence-corrected chi connectivity index (χ3v) is 4.46. The Bertz CT molecular complexity index is 901. The van der Waals surface area contributed by atoms with Gasteiger partial charge < -0.3 is 16.0 Å². The summed E-state index contributed by atoms with van der Waals surface area (Å²) in [6, 6.07) is 0. The number of H-pyrrole nitrogens is 1. The maximum atomic E-state index is 12.9. The molecule has 4 N–H and O–H groups in total. The number of hydrogen-bond donors (Lipinski definition) is 3. The van der Waals surface area contributed by atoms with Crippen LogP contribution in [0.5, 0.6) is 0 Å². The maximum absolute atomic E-state index is 12.9. The van der Waals surface area contributed by atoms with Gasteiger partial charge in [-0.25, -0.2) is 4.98 Å². The fraction of sp³-hybridized carbons (Fsp3) is 0.421. The number of anilines is 2. The van der Waals surface area contributed by atoms with Crippen LogP contribution in [0.15, 0.2) is 29.2 Å². The molecule has 2 heterocycles. The number of aromatic amines is 1. The van der Waals surface area contributed by atoms with Crippen molar-refractivity contribution in [1.29, 1.82) is 0 Å². The summed E-state index contributed by atoms with van der Waals surface area (Å²) in [5.41, 5.74) is 7.39. The SMILES string of the molecule is CC=N/C(=C\C)CN(CC(C)CC)C(=O)C(=O)Nc1cnc(N)c2cn[nH]c12. The Hall–Kier alpha value is -3.23. The van der Waals surface area contributed by atoms with Crippen molar-refractivity contribution in [2.75, 3.05) is 24.1 Å². The molecule has 0 aliphatic carbocycles. The number of nitrogens with zero attached hydrogens (tertiary/aromatic N) is 4. The van der Waals surface area contributed by atoms with Gasteiger partial charge in [-0.2, -0.15) is 5.10 Å². The number of carbonyl (C=O) groups excluding carboxylic acids is 2. The summed E-state index contributed by atoms with van der Waals surface area (Å²) in [6.07, 6.45) is 7.30. The van der Waals surface area contributed by atoms with Crippen LogP contribution >= 0.6 is 0 Å². The summed E-state index contributed by atoms with van der Waals surface area (Å²) < 4.78 is 0. The molecule has 0 spiro atoms. The lowest BCUT2D eigenvalue weighted by atomic mass is 10.1. The first-order valence-electron chi connectivity index (χ1n) is 9.22. The highest BCUT2D eigenvalue weighted by molar-refractivity contribution is 6.40. The number of aliphatic imine (C=N–C) groups is 1. The van der Waals surface area contributed by atoms with Gasteiger partial charge in [0.05, 0.1) is 41.2 Å². The van der Waals surface area contributed by atoms with Crippen LogP contribution in [-0.2, 0) is 9.59 Å². The molecule has 1 unspecified atom stereocenters. The predicted molar refractivity (Wildman–Crippen MR) is 111 cm³/mol. The van der Waals surface area contributed by atoms with Crippen LogP contribution in [0.4, 0.5) is 11.5 Å². The van der Waals surface area contributed by atoms with E-state index in [-0.39, 0.29) is 12.5 Å². The molecule has 2 amide bonds. The molecule has 150 valence electrons. The number of nitrogens with one attached hydrogen (secondary N) is 2. The van der Waals surface area contributed by atoms with Crippen molar-refractivity contribution in [1.82, 2.24) is 20.1 Å². The molecule has 0 aliphatic rings. The zero-order chi connectivity index (χ0) is 20.7. The number of hydrogen-bond acceptors (Lipinski definition) is 6. The Morgan fingerprint density at radius 1 is 1.39 bits per heavy atom. The van der Waals surface area contributed by atoms with Gasteiger partial charge in [-0.15, -0.1) is 0 Å². The molecule has 9 nitrogen and oxygen atoms in total. The van der Waals surface area contributed by atoms with Crippen LogP contribution in [0.2, 0.25) is 0 Å². The van der Waals surface area contributed by atoms with Crippen molar-refractivity contribution in [2.45, 2.75) is 34.1 Å². The molecule has 2 aromatic rings. The molecular formula is C19H27N7O2. The molecule has 2 rings (SSSR count). The standard InChI is InChI=1S/C19H27N7O2/c1-5-12(4)10-26(11-13(6-2)21-7-3)19(28)18(27)24-15-9-22-17(20)14-8-23-25-16(14)15/h6-9,12H,5,10-11H2,1-4H3,(H2,20,22)(H,23,25)(H,24,27)/b13-6-,21-7?. The fourth-order valence-corrected chi connectivity index (χ4v) is 2.66. The lowest BCUT2D eigenvalue weighted by Gasteiger charge is -2.25. The van der Waals surface area contributed by atoms with Crippen molar-refractivity contribution >= 4 is 40.4 Å². The number of amides is 2. The van der Waals surface area contributed by atoms with E-state index in [1.54, 1.807) is 13.1 Å². The number of pyridine rings is 1. The number of nitrogens with two attached hydrogens (primary N) is 1. The highest BCUT2D eigenvalue weighted by atomic mass is 16.2. The monoisotopic (exact) mass is 385 g/mol. The molecule has 2 aromatic heterocycles. The van der Waals surface area contributed by atoms with E-state index in [0.29, 0.717) is 29.0 Å². The van der Waals surface area contributed by atoms with Crippen molar-refractivity contribution in [3.8, 4) is 0 Å².